The Hall–Kier alpha value is -2.75. The molecule has 5 rings (SSSR count). The predicted molar refractivity (Wildman–Crippen MR) is 148 cm³/mol. The Kier molecular flexibility index (Phi) is 7.92. The highest BCUT2D eigenvalue weighted by atomic mass is 32.2. The number of imidazole rings is 1. The highest BCUT2D eigenvalue weighted by Gasteiger charge is 2.29. The molecule has 1 saturated heterocycles. The summed E-state index contributed by atoms with van der Waals surface area (Å²) in [5, 5.41) is 4.23. The van der Waals surface area contributed by atoms with Crippen LogP contribution in [0.15, 0.2) is 66.0 Å². The Balaban J connectivity index is 1.47. The van der Waals surface area contributed by atoms with Gasteiger partial charge in [-0.2, -0.15) is 0 Å². The monoisotopic (exact) mass is 538 g/mol. The second-order valence-electron chi connectivity index (χ2n) is 10.0. The van der Waals surface area contributed by atoms with Crippen molar-refractivity contribution in [3.8, 4) is 0 Å². The molecule has 1 saturated carbocycles. The maximum Gasteiger partial charge on any atom is 0.228 e. The van der Waals surface area contributed by atoms with Gasteiger partial charge >= 0.3 is 0 Å². The lowest BCUT2D eigenvalue weighted by molar-refractivity contribution is 0.0892. The van der Waals surface area contributed by atoms with Gasteiger partial charge < -0.3 is 19.5 Å². The minimum atomic E-state index is -3.69. The van der Waals surface area contributed by atoms with Crippen molar-refractivity contribution in [1.29, 1.82) is 0 Å². The Bertz CT molecular complexity index is 1330. The van der Waals surface area contributed by atoms with E-state index in [9.17, 15) is 8.42 Å². The van der Waals surface area contributed by atoms with Gasteiger partial charge in [-0.15, -0.1) is 0 Å². The van der Waals surface area contributed by atoms with Crippen molar-refractivity contribution in [2.24, 2.45) is 0 Å². The number of hydrogen-bond donors (Lipinski definition) is 1. The second-order valence-corrected chi connectivity index (χ2v) is 12.3. The van der Waals surface area contributed by atoms with Gasteiger partial charge in [-0.3, -0.25) is 0 Å². The molecule has 1 N–H and O–H groups in total. The van der Waals surface area contributed by atoms with Crippen molar-refractivity contribution in [2.45, 2.75) is 68.8 Å². The topological polar surface area (TPSA) is 76.5 Å². The summed E-state index contributed by atoms with van der Waals surface area (Å²) in [7, 11) is -3.69. The molecule has 1 aliphatic heterocycles. The van der Waals surface area contributed by atoms with Gasteiger partial charge in [-0.05, 0) is 61.5 Å². The van der Waals surface area contributed by atoms with Crippen molar-refractivity contribution in [3.05, 3.63) is 83.2 Å². The maximum absolute atomic E-state index is 13.7. The Labute approximate surface area is 224 Å². The van der Waals surface area contributed by atoms with Crippen molar-refractivity contribution >= 4 is 27.2 Å². The normalized spacial score (nSPS) is 17.6. The number of benzene rings is 2. The van der Waals surface area contributed by atoms with Crippen LogP contribution in [0.1, 0.15) is 48.1 Å². The zero-order valence-electron chi connectivity index (χ0n) is 21.2. The lowest BCUT2D eigenvalue weighted by atomic mass is 10.1. The fourth-order valence-electron chi connectivity index (χ4n) is 4.69. The van der Waals surface area contributed by atoms with Crippen LogP contribution in [0, 0.1) is 6.92 Å². The Morgan fingerprint density at radius 1 is 1.14 bits per heavy atom. The highest BCUT2D eigenvalue weighted by Crippen LogP contribution is 2.24. The van der Waals surface area contributed by atoms with E-state index >= 15 is 0 Å². The average Bonchev–Trinajstić information content (AvgIpc) is 3.37. The molecule has 3 aromatic rings. The van der Waals surface area contributed by atoms with Crippen molar-refractivity contribution in [3.63, 3.8) is 0 Å². The molecule has 9 heteroatoms. The number of rotatable bonds is 10. The molecule has 0 amide bonds. The molecule has 2 aliphatic rings. The Morgan fingerprint density at radius 3 is 2.59 bits per heavy atom. The van der Waals surface area contributed by atoms with E-state index in [1.165, 1.54) is 0 Å². The number of nitrogens with one attached hydrogen (secondary N) is 1. The third-order valence-corrected chi connectivity index (χ3v) is 8.91. The quantitative estimate of drug-likeness (QED) is 0.387. The molecule has 0 bridgehead atoms. The van der Waals surface area contributed by atoms with Crippen LogP contribution in [0.2, 0.25) is 0 Å². The molecular weight excluding hydrogens is 504 g/mol. The van der Waals surface area contributed by atoms with Gasteiger partial charge in [0.2, 0.25) is 15.0 Å². The molecular formula is C28H34N4O3S2. The molecule has 1 aromatic heterocycles. The third kappa shape index (κ3) is 6.58. The number of thiocarbonyl (C=S) groups is 1. The molecule has 37 heavy (non-hydrogen) atoms. The Morgan fingerprint density at radius 2 is 1.89 bits per heavy atom. The molecule has 1 atom stereocenters. The molecule has 0 spiro atoms. The van der Waals surface area contributed by atoms with E-state index < -0.39 is 9.84 Å². The van der Waals surface area contributed by atoms with Crippen LogP contribution in [-0.2, 0) is 33.4 Å². The molecule has 2 aromatic carbocycles. The van der Waals surface area contributed by atoms with Gasteiger partial charge in [0.1, 0.15) is 0 Å². The first-order valence-corrected chi connectivity index (χ1v) is 15.0. The molecule has 196 valence electrons. The summed E-state index contributed by atoms with van der Waals surface area (Å²) in [6.45, 7) is 4.24. The number of hydrogen-bond acceptors (Lipinski definition) is 5. The van der Waals surface area contributed by atoms with Crippen LogP contribution in [0.3, 0.4) is 0 Å². The van der Waals surface area contributed by atoms with Gasteiger partial charge in [0, 0.05) is 19.2 Å². The summed E-state index contributed by atoms with van der Waals surface area (Å²) in [6, 6.07) is 17.9. The molecule has 2 heterocycles. The van der Waals surface area contributed by atoms with Crippen molar-refractivity contribution in [1.82, 2.24) is 19.8 Å². The lowest BCUT2D eigenvalue weighted by Gasteiger charge is -2.28. The summed E-state index contributed by atoms with van der Waals surface area (Å²) < 4.78 is 35.1. The van der Waals surface area contributed by atoms with Gasteiger partial charge in [0.05, 0.1) is 36.8 Å². The molecule has 2 fully saturated rings. The number of ether oxygens (including phenoxy) is 1. The number of sulfone groups is 1. The van der Waals surface area contributed by atoms with E-state index in [4.69, 9.17) is 17.0 Å². The van der Waals surface area contributed by atoms with Gasteiger partial charge in [-0.1, -0.05) is 54.6 Å². The van der Waals surface area contributed by atoms with Crippen LogP contribution in [0.4, 0.5) is 0 Å². The molecule has 0 radical (unpaired) electrons. The second kappa shape index (κ2) is 11.3. The van der Waals surface area contributed by atoms with Gasteiger partial charge in [0.15, 0.2) is 5.11 Å². The average molecular weight is 539 g/mol. The fraction of sp³-hybridized carbons (Fsp3) is 0.429. The van der Waals surface area contributed by atoms with Crippen LogP contribution in [0.25, 0.3) is 0 Å². The van der Waals surface area contributed by atoms with E-state index in [-0.39, 0.29) is 17.0 Å². The first-order valence-electron chi connectivity index (χ1n) is 12.9. The summed E-state index contributed by atoms with van der Waals surface area (Å²) in [6.07, 6.45) is 6.11. The first kappa shape index (κ1) is 25.9. The number of aryl methyl sites for hydroxylation is 1. The minimum absolute atomic E-state index is 0.0905. The standard InChI is InChI=1S/C28H34N4O3S2/c1-21-8-5-6-11-23(21)20-37(33,34)28-29-16-25(32(28)17-22-9-3-2-4-10-22)18-31(19-26-12-7-15-35-26)27(36)30-24-13-14-24/h2-6,8-11,16,24,26H,7,12-15,17-20H2,1H3,(H,30,36)/t26-/m0/s1. The smallest absolute Gasteiger partial charge is 0.228 e. The summed E-state index contributed by atoms with van der Waals surface area (Å²) in [5.41, 5.74) is 3.56. The van der Waals surface area contributed by atoms with Crippen LogP contribution >= 0.6 is 12.2 Å². The first-order chi connectivity index (χ1) is 17.9. The maximum atomic E-state index is 13.7. The van der Waals surface area contributed by atoms with Crippen LogP contribution < -0.4 is 5.32 Å². The summed E-state index contributed by atoms with van der Waals surface area (Å²) in [5.74, 6) is -0.0911. The molecule has 1 aliphatic carbocycles. The molecule has 0 unspecified atom stereocenters. The van der Waals surface area contributed by atoms with E-state index in [0.29, 0.717) is 30.8 Å². The number of aromatic nitrogens is 2. The predicted octanol–water partition coefficient (Wildman–Crippen LogP) is 4.23. The lowest BCUT2D eigenvalue weighted by Crippen LogP contribution is -2.44. The third-order valence-electron chi connectivity index (χ3n) is 6.96. The van der Waals surface area contributed by atoms with Gasteiger partial charge in [-0.25, -0.2) is 13.4 Å². The van der Waals surface area contributed by atoms with Gasteiger partial charge in [0.25, 0.3) is 0 Å². The van der Waals surface area contributed by atoms with E-state index in [1.54, 1.807) is 6.20 Å². The van der Waals surface area contributed by atoms with E-state index in [0.717, 1.165) is 54.7 Å². The van der Waals surface area contributed by atoms with Crippen LogP contribution in [0.5, 0.6) is 0 Å². The molecule has 7 nitrogen and oxygen atoms in total. The number of nitrogens with zero attached hydrogens (tertiary/aromatic N) is 3. The largest absolute Gasteiger partial charge is 0.376 e. The van der Waals surface area contributed by atoms with E-state index in [1.807, 2.05) is 66.1 Å². The summed E-state index contributed by atoms with van der Waals surface area (Å²) >= 11 is 5.79. The van der Waals surface area contributed by atoms with E-state index in [2.05, 4.69) is 15.2 Å². The highest BCUT2D eigenvalue weighted by molar-refractivity contribution is 7.90. The summed E-state index contributed by atoms with van der Waals surface area (Å²) in [4.78, 5) is 6.59. The minimum Gasteiger partial charge on any atom is -0.376 e. The zero-order chi connectivity index (χ0) is 25.8. The van der Waals surface area contributed by atoms with Crippen molar-refractivity contribution in [2.75, 3.05) is 13.2 Å². The SMILES string of the molecule is Cc1ccccc1CS(=O)(=O)c1ncc(CN(C[C@@H]2CCCO2)C(=S)NC2CC2)n1Cc1ccccc1. The van der Waals surface area contributed by atoms with Crippen molar-refractivity contribution < 1.29 is 13.2 Å². The van der Waals surface area contributed by atoms with Crippen LogP contribution in [-0.4, -0.2) is 53.3 Å². The zero-order valence-corrected chi connectivity index (χ0v) is 22.8. The fourth-order valence-corrected chi connectivity index (χ4v) is 6.58.